The van der Waals surface area contributed by atoms with E-state index >= 15 is 0 Å². The minimum atomic E-state index is 0.274. The molecule has 4 rings (SSSR count). The standard InChI is InChI=1S/C20H26N4O/c1-14-6-3-9-18(25)19(14)17-12-15-7-4-11-24(20(15)22-21-17)16-8-5-10-23(2)13-16/h3,6,9,12,16,25H,4-5,7-8,10-11,13H2,1-2H3/t16-/m1/s1. The number of anilines is 1. The van der Waals surface area contributed by atoms with E-state index in [-0.39, 0.29) is 5.75 Å². The molecular weight excluding hydrogens is 312 g/mol. The maximum Gasteiger partial charge on any atom is 0.154 e. The second kappa shape index (κ2) is 6.64. The Morgan fingerprint density at radius 3 is 2.84 bits per heavy atom. The number of benzene rings is 1. The van der Waals surface area contributed by atoms with E-state index in [0.29, 0.717) is 6.04 Å². The molecule has 1 saturated heterocycles. The molecule has 5 heteroatoms. The molecule has 0 amide bonds. The lowest BCUT2D eigenvalue weighted by Gasteiger charge is -2.41. The lowest BCUT2D eigenvalue weighted by atomic mass is 9.97. The van der Waals surface area contributed by atoms with Gasteiger partial charge in [-0.3, -0.25) is 0 Å². The predicted octanol–water partition coefficient (Wildman–Crippen LogP) is 3.00. The van der Waals surface area contributed by atoms with Gasteiger partial charge in [0, 0.05) is 24.7 Å². The second-order valence-corrected chi connectivity index (χ2v) is 7.40. The van der Waals surface area contributed by atoms with Crippen LogP contribution in [0.15, 0.2) is 24.3 Å². The average molecular weight is 338 g/mol. The molecule has 1 aromatic heterocycles. The Bertz CT molecular complexity index is 756. The van der Waals surface area contributed by atoms with E-state index < -0.39 is 0 Å². The Hall–Kier alpha value is -2.14. The van der Waals surface area contributed by atoms with Gasteiger partial charge in [0.1, 0.15) is 5.75 Å². The largest absolute Gasteiger partial charge is 0.507 e. The summed E-state index contributed by atoms with van der Waals surface area (Å²) in [5, 5.41) is 19.3. The Balaban J connectivity index is 1.69. The minimum absolute atomic E-state index is 0.274. The van der Waals surface area contributed by atoms with Gasteiger partial charge in [0.05, 0.1) is 5.69 Å². The number of aryl methyl sites for hydroxylation is 2. The smallest absolute Gasteiger partial charge is 0.154 e. The van der Waals surface area contributed by atoms with E-state index in [9.17, 15) is 5.11 Å². The molecule has 1 atom stereocenters. The molecule has 0 unspecified atom stereocenters. The zero-order valence-corrected chi connectivity index (χ0v) is 15.1. The number of hydrogen-bond acceptors (Lipinski definition) is 5. The van der Waals surface area contributed by atoms with Crippen LogP contribution >= 0.6 is 0 Å². The molecule has 25 heavy (non-hydrogen) atoms. The summed E-state index contributed by atoms with van der Waals surface area (Å²) < 4.78 is 0. The van der Waals surface area contributed by atoms with E-state index in [1.165, 1.54) is 24.9 Å². The van der Waals surface area contributed by atoms with Crippen LogP contribution in [0.3, 0.4) is 0 Å². The number of nitrogens with zero attached hydrogens (tertiary/aromatic N) is 4. The quantitative estimate of drug-likeness (QED) is 0.912. The molecule has 5 nitrogen and oxygen atoms in total. The maximum absolute atomic E-state index is 10.3. The average Bonchev–Trinajstić information content (AvgIpc) is 2.61. The van der Waals surface area contributed by atoms with Crippen LogP contribution in [0.2, 0.25) is 0 Å². The Labute approximate surface area is 149 Å². The first-order chi connectivity index (χ1) is 12.1. The van der Waals surface area contributed by atoms with Gasteiger partial charge >= 0.3 is 0 Å². The number of aromatic nitrogens is 2. The van der Waals surface area contributed by atoms with E-state index in [4.69, 9.17) is 0 Å². The van der Waals surface area contributed by atoms with Crippen LogP contribution in [0, 0.1) is 6.92 Å². The van der Waals surface area contributed by atoms with Crippen molar-refractivity contribution in [1.29, 1.82) is 0 Å². The van der Waals surface area contributed by atoms with Gasteiger partial charge in [-0.2, -0.15) is 0 Å². The summed E-state index contributed by atoms with van der Waals surface area (Å²) in [7, 11) is 2.20. The maximum atomic E-state index is 10.3. The molecule has 0 spiro atoms. The molecule has 1 aromatic carbocycles. The van der Waals surface area contributed by atoms with Gasteiger partial charge in [-0.05, 0) is 69.5 Å². The summed E-state index contributed by atoms with van der Waals surface area (Å²) in [6.07, 6.45) is 4.66. The first kappa shape index (κ1) is 16.3. The highest BCUT2D eigenvalue weighted by Gasteiger charge is 2.29. The third-order valence-corrected chi connectivity index (χ3v) is 5.52. The number of aromatic hydroxyl groups is 1. The Morgan fingerprint density at radius 1 is 1.16 bits per heavy atom. The zero-order valence-electron chi connectivity index (χ0n) is 15.1. The molecule has 2 aliphatic heterocycles. The van der Waals surface area contributed by atoms with Crippen LogP contribution < -0.4 is 4.90 Å². The topological polar surface area (TPSA) is 52.5 Å². The van der Waals surface area contributed by atoms with Gasteiger partial charge in [0.25, 0.3) is 0 Å². The van der Waals surface area contributed by atoms with Crippen LogP contribution in [-0.4, -0.2) is 52.9 Å². The number of rotatable bonds is 2. The van der Waals surface area contributed by atoms with Crippen molar-refractivity contribution in [3.63, 3.8) is 0 Å². The van der Waals surface area contributed by atoms with Crippen molar-refractivity contribution >= 4 is 5.82 Å². The fraction of sp³-hybridized carbons (Fsp3) is 0.500. The van der Waals surface area contributed by atoms with Crippen LogP contribution in [0.25, 0.3) is 11.3 Å². The van der Waals surface area contributed by atoms with Crippen molar-refractivity contribution in [3.8, 4) is 17.0 Å². The lowest BCUT2D eigenvalue weighted by Crippen LogP contribution is -2.49. The molecule has 0 aliphatic carbocycles. The fourth-order valence-corrected chi connectivity index (χ4v) is 4.25. The number of likely N-dealkylation sites (tertiary alicyclic amines) is 1. The fourth-order valence-electron chi connectivity index (χ4n) is 4.25. The molecule has 3 heterocycles. The van der Waals surface area contributed by atoms with Crippen molar-refractivity contribution in [2.75, 3.05) is 31.6 Å². The highest BCUT2D eigenvalue weighted by atomic mass is 16.3. The second-order valence-electron chi connectivity index (χ2n) is 7.40. The van der Waals surface area contributed by atoms with Gasteiger partial charge in [-0.15, -0.1) is 10.2 Å². The van der Waals surface area contributed by atoms with Crippen LogP contribution in [0.4, 0.5) is 5.82 Å². The van der Waals surface area contributed by atoms with E-state index in [0.717, 1.165) is 48.6 Å². The minimum Gasteiger partial charge on any atom is -0.507 e. The Kier molecular flexibility index (Phi) is 4.34. The van der Waals surface area contributed by atoms with Crippen molar-refractivity contribution in [1.82, 2.24) is 15.1 Å². The summed E-state index contributed by atoms with van der Waals surface area (Å²) in [5.41, 5.74) is 3.85. The highest BCUT2D eigenvalue weighted by Crippen LogP contribution is 2.35. The highest BCUT2D eigenvalue weighted by molar-refractivity contribution is 5.71. The SMILES string of the molecule is Cc1cccc(O)c1-c1cc2c(nn1)N([C@@H]1CCCN(C)C1)CCC2. The third-order valence-electron chi connectivity index (χ3n) is 5.52. The Morgan fingerprint density at radius 2 is 2.04 bits per heavy atom. The summed E-state index contributed by atoms with van der Waals surface area (Å²) in [5.74, 6) is 1.32. The molecule has 0 radical (unpaired) electrons. The van der Waals surface area contributed by atoms with E-state index in [2.05, 4.69) is 33.1 Å². The molecule has 1 N–H and O–H groups in total. The van der Waals surface area contributed by atoms with Crippen molar-refractivity contribution in [2.45, 2.75) is 38.6 Å². The van der Waals surface area contributed by atoms with E-state index in [1.807, 2.05) is 19.1 Å². The third kappa shape index (κ3) is 3.09. The van der Waals surface area contributed by atoms with Gasteiger partial charge in [0.15, 0.2) is 5.82 Å². The van der Waals surface area contributed by atoms with Crippen molar-refractivity contribution in [3.05, 3.63) is 35.4 Å². The number of fused-ring (bicyclic) bond motifs is 1. The summed E-state index contributed by atoms with van der Waals surface area (Å²) >= 11 is 0. The van der Waals surface area contributed by atoms with Gasteiger partial charge < -0.3 is 14.9 Å². The van der Waals surface area contributed by atoms with Crippen molar-refractivity contribution < 1.29 is 5.11 Å². The normalized spacial score (nSPS) is 21.2. The van der Waals surface area contributed by atoms with Gasteiger partial charge in [-0.1, -0.05) is 12.1 Å². The molecule has 132 valence electrons. The monoisotopic (exact) mass is 338 g/mol. The molecule has 1 fully saturated rings. The molecule has 2 aromatic rings. The summed E-state index contributed by atoms with van der Waals surface area (Å²) in [6, 6.07) is 8.24. The number of piperidine rings is 1. The summed E-state index contributed by atoms with van der Waals surface area (Å²) in [4.78, 5) is 4.87. The number of likely N-dealkylation sites (N-methyl/N-ethyl adjacent to an activating group) is 1. The number of phenols is 1. The van der Waals surface area contributed by atoms with Gasteiger partial charge in [-0.25, -0.2) is 0 Å². The van der Waals surface area contributed by atoms with Gasteiger partial charge in [0.2, 0.25) is 0 Å². The molecule has 0 bridgehead atoms. The first-order valence-corrected chi connectivity index (χ1v) is 9.24. The van der Waals surface area contributed by atoms with Crippen molar-refractivity contribution in [2.24, 2.45) is 0 Å². The first-order valence-electron chi connectivity index (χ1n) is 9.24. The number of phenolic OH excluding ortho intramolecular Hbond substituents is 1. The van der Waals surface area contributed by atoms with Crippen LogP contribution in [-0.2, 0) is 6.42 Å². The summed E-state index contributed by atoms with van der Waals surface area (Å²) in [6.45, 7) is 5.35. The zero-order chi connectivity index (χ0) is 17.4. The predicted molar refractivity (Wildman–Crippen MR) is 100 cm³/mol. The molecular formula is C20H26N4O. The molecule has 2 aliphatic rings. The number of hydrogen-bond donors (Lipinski definition) is 1. The molecule has 0 saturated carbocycles. The lowest BCUT2D eigenvalue weighted by molar-refractivity contribution is 0.242. The van der Waals surface area contributed by atoms with Crippen LogP contribution in [0.5, 0.6) is 5.75 Å². The van der Waals surface area contributed by atoms with E-state index in [1.54, 1.807) is 6.07 Å². The van der Waals surface area contributed by atoms with Crippen LogP contribution in [0.1, 0.15) is 30.4 Å².